The third-order valence-corrected chi connectivity index (χ3v) is 3.06. The van der Waals surface area contributed by atoms with Crippen molar-refractivity contribution in [1.82, 2.24) is 5.16 Å². The summed E-state index contributed by atoms with van der Waals surface area (Å²) in [6, 6.07) is 5.13. The minimum Gasteiger partial charge on any atom is -0.495 e. The molecule has 0 amide bonds. The highest BCUT2D eigenvalue weighted by molar-refractivity contribution is 6.32. The minimum absolute atomic E-state index is 0.284. The number of aromatic nitrogens is 1. The van der Waals surface area contributed by atoms with Crippen molar-refractivity contribution in [3.63, 3.8) is 0 Å². The van der Waals surface area contributed by atoms with Gasteiger partial charge < -0.3 is 14.0 Å². The van der Waals surface area contributed by atoms with Gasteiger partial charge in [0.2, 0.25) is 0 Å². The van der Waals surface area contributed by atoms with Crippen molar-refractivity contribution < 1.29 is 18.8 Å². The molecule has 5 nitrogen and oxygen atoms in total. The predicted octanol–water partition coefficient (Wildman–Crippen LogP) is 3.49. The van der Waals surface area contributed by atoms with Crippen molar-refractivity contribution in [2.24, 2.45) is 0 Å². The number of rotatable bonds is 4. The molecule has 0 aliphatic carbocycles. The van der Waals surface area contributed by atoms with Gasteiger partial charge in [0.05, 0.1) is 18.7 Å². The number of hydrogen-bond donors (Lipinski definition) is 0. The smallest absolute Gasteiger partial charge is 0.344 e. The minimum atomic E-state index is -0.465. The summed E-state index contributed by atoms with van der Waals surface area (Å²) in [4.78, 5) is 11.9. The van der Waals surface area contributed by atoms with Crippen LogP contribution in [0, 0.1) is 6.92 Å². The Kier molecular flexibility index (Phi) is 4.29. The zero-order valence-corrected chi connectivity index (χ0v) is 12.2. The van der Waals surface area contributed by atoms with Gasteiger partial charge in [-0.2, -0.15) is 0 Å². The van der Waals surface area contributed by atoms with Gasteiger partial charge in [-0.1, -0.05) is 16.8 Å². The zero-order chi connectivity index (χ0) is 14.7. The van der Waals surface area contributed by atoms with Crippen molar-refractivity contribution in [3.8, 4) is 17.0 Å². The molecule has 1 aromatic carbocycles. The number of ether oxygens (including phenoxy) is 2. The Bertz CT molecular complexity index is 636. The predicted molar refractivity (Wildman–Crippen MR) is 74.2 cm³/mol. The summed E-state index contributed by atoms with van der Waals surface area (Å²) in [5.41, 5.74) is 1.38. The van der Waals surface area contributed by atoms with E-state index in [9.17, 15) is 4.79 Å². The lowest BCUT2D eigenvalue weighted by atomic mass is 10.1. The Balaban J connectivity index is 2.48. The molecule has 0 aliphatic heterocycles. The highest BCUT2D eigenvalue weighted by atomic mass is 35.5. The highest BCUT2D eigenvalue weighted by Crippen LogP contribution is 2.32. The molecule has 2 aromatic rings. The quantitative estimate of drug-likeness (QED) is 0.808. The maximum atomic E-state index is 11.9. The van der Waals surface area contributed by atoms with Crippen LogP contribution in [-0.2, 0) is 4.74 Å². The van der Waals surface area contributed by atoms with E-state index in [1.807, 2.05) is 0 Å². The van der Waals surface area contributed by atoms with Crippen LogP contribution >= 0.6 is 11.6 Å². The largest absolute Gasteiger partial charge is 0.495 e. The van der Waals surface area contributed by atoms with Crippen LogP contribution < -0.4 is 4.74 Å². The lowest BCUT2D eigenvalue weighted by Gasteiger charge is -2.06. The van der Waals surface area contributed by atoms with Crippen molar-refractivity contribution in [2.45, 2.75) is 13.8 Å². The normalized spacial score (nSPS) is 10.4. The summed E-state index contributed by atoms with van der Waals surface area (Å²) in [6.07, 6.45) is 0. The fraction of sp³-hybridized carbons (Fsp3) is 0.286. The first kappa shape index (κ1) is 14.4. The molecule has 0 spiro atoms. The molecule has 20 heavy (non-hydrogen) atoms. The SMILES string of the molecule is CCOC(=O)c1c(-c2ccc(OC)c(Cl)c2)noc1C. The Morgan fingerprint density at radius 2 is 2.20 bits per heavy atom. The van der Waals surface area contributed by atoms with Crippen molar-refractivity contribution in [2.75, 3.05) is 13.7 Å². The van der Waals surface area contributed by atoms with Crippen LogP contribution in [0.25, 0.3) is 11.3 Å². The first-order valence-corrected chi connectivity index (χ1v) is 6.43. The topological polar surface area (TPSA) is 61.6 Å². The number of halogens is 1. The molecule has 2 rings (SSSR count). The highest BCUT2D eigenvalue weighted by Gasteiger charge is 2.23. The van der Waals surface area contributed by atoms with E-state index >= 15 is 0 Å². The van der Waals surface area contributed by atoms with Crippen LogP contribution in [-0.4, -0.2) is 24.8 Å². The Morgan fingerprint density at radius 1 is 1.45 bits per heavy atom. The van der Waals surface area contributed by atoms with Crippen LogP contribution in [0.2, 0.25) is 5.02 Å². The Hall–Kier alpha value is -2.01. The Morgan fingerprint density at radius 3 is 2.80 bits per heavy atom. The van der Waals surface area contributed by atoms with Gasteiger partial charge in [0.1, 0.15) is 22.8 Å². The van der Waals surface area contributed by atoms with Gasteiger partial charge in [-0.3, -0.25) is 0 Å². The number of carbonyl (C=O) groups excluding carboxylic acids is 1. The second-order valence-electron chi connectivity index (χ2n) is 4.03. The van der Waals surface area contributed by atoms with E-state index in [1.54, 1.807) is 32.0 Å². The van der Waals surface area contributed by atoms with E-state index in [4.69, 9.17) is 25.6 Å². The van der Waals surface area contributed by atoms with Gasteiger partial charge in [0.25, 0.3) is 0 Å². The summed E-state index contributed by atoms with van der Waals surface area (Å²) in [5.74, 6) is 0.492. The summed E-state index contributed by atoms with van der Waals surface area (Å²) in [6.45, 7) is 3.69. The number of nitrogens with zero attached hydrogens (tertiary/aromatic N) is 1. The molecule has 0 saturated heterocycles. The molecule has 0 unspecified atom stereocenters. The molecule has 6 heteroatoms. The maximum Gasteiger partial charge on any atom is 0.344 e. The van der Waals surface area contributed by atoms with E-state index in [1.165, 1.54) is 7.11 Å². The molecule has 0 fully saturated rings. The van der Waals surface area contributed by atoms with E-state index < -0.39 is 5.97 Å². The van der Waals surface area contributed by atoms with Gasteiger partial charge >= 0.3 is 5.97 Å². The molecule has 0 radical (unpaired) electrons. The first-order chi connectivity index (χ1) is 9.58. The fourth-order valence-electron chi connectivity index (χ4n) is 1.83. The average Bonchev–Trinajstić information content (AvgIpc) is 2.81. The van der Waals surface area contributed by atoms with E-state index in [0.29, 0.717) is 33.4 Å². The molecular weight excluding hydrogens is 282 g/mol. The molecule has 0 atom stereocenters. The number of benzene rings is 1. The Labute approximate surface area is 121 Å². The van der Waals surface area contributed by atoms with Crippen LogP contribution in [0.15, 0.2) is 22.7 Å². The van der Waals surface area contributed by atoms with Crippen molar-refractivity contribution >= 4 is 17.6 Å². The van der Waals surface area contributed by atoms with Crippen LogP contribution in [0.4, 0.5) is 0 Å². The lowest BCUT2D eigenvalue weighted by molar-refractivity contribution is 0.0525. The van der Waals surface area contributed by atoms with Crippen molar-refractivity contribution in [1.29, 1.82) is 0 Å². The standard InChI is InChI=1S/C14H14ClNO4/c1-4-19-14(17)12-8(2)20-16-13(12)9-5-6-11(18-3)10(15)7-9/h5-7H,4H2,1-3H3. The second-order valence-corrected chi connectivity index (χ2v) is 4.44. The monoisotopic (exact) mass is 295 g/mol. The number of hydrogen-bond acceptors (Lipinski definition) is 5. The van der Waals surface area contributed by atoms with Crippen LogP contribution in [0.5, 0.6) is 5.75 Å². The fourth-order valence-corrected chi connectivity index (χ4v) is 2.08. The summed E-state index contributed by atoms with van der Waals surface area (Å²) >= 11 is 6.08. The molecule has 1 heterocycles. The zero-order valence-electron chi connectivity index (χ0n) is 11.4. The number of methoxy groups -OCH3 is 1. The second kappa shape index (κ2) is 5.96. The molecule has 0 aliphatic rings. The number of esters is 1. The molecule has 0 bridgehead atoms. The summed E-state index contributed by atoms with van der Waals surface area (Å²) < 4.78 is 15.2. The third kappa shape index (κ3) is 2.63. The number of carbonyl (C=O) groups is 1. The first-order valence-electron chi connectivity index (χ1n) is 6.05. The van der Waals surface area contributed by atoms with E-state index in [2.05, 4.69) is 5.16 Å². The molecule has 0 saturated carbocycles. The molecule has 0 N–H and O–H groups in total. The van der Waals surface area contributed by atoms with Gasteiger partial charge in [-0.15, -0.1) is 0 Å². The van der Waals surface area contributed by atoms with Gasteiger partial charge in [-0.25, -0.2) is 4.79 Å². The van der Waals surface area contributed by atoms with Gasteiger partial charge in [-0.05, 0) is 32.0 Å². The van der Waals surface area contributed by atoms with Crippen LogP contribution in [0.3, 0.4) is 0 Å². The van der Waals surface area contributed by atoms with Crippen molar-refractivity contribution in [3.05, 3.63) is 34.5 Å². The number of aryl methyl sites for hydroxylation is 1. The van der Waals surface area contributed by atoms with E-state index in [0.717, 1.165) is 0 Å². The molecule has 1 aromatic heterocycles. The van der Waals surface area contributed by atoms with Gasteiger partial charge in [0.15, 0.2) is 0 Å². The van der Waals surface area contributed by atoms with Crippen LogP contribution in [0.1, 0.15) is 23.0 Å². The third-order valence-electron chi connectivity index (χ3n) is 2.77. The summed E-state index contributed by atoms with van der Waals surface area (Å²) in [7, 11) is 1.53. The molecule has 106 valence electrons. The maximum absolute atomic E-state index is 11.9. The lowest BCUT2D eigenvalue weighted by Crippen LogP contribution is -2.06. The van der Waals surface area contributed by atoms with E-state index in [-0.39, 0.29) is 6.61 Å². The van der Waals surface area contributed by atoms with Gasteiger partial charge in [0, 0.05) is 5.56 Å². The average molecular weight is 296 g/mol. The summed E-state index contributed by atoms with van der Waals surface area (Å²) in [5, 5.41) is 4.34. The molecular formula is C14H14ClNO4.